The third-order valence-corrected chi connectivity index (χ3v) is 4.07. The zero-order chi connectivity index (χ0) is 15.2. The zero-order valence-electron chi connectivity index (χ0n) is 13.3. The lowest BCUT2D eigenvalue weighted by molar-refractivity contribution is -0.0560. The first-order valence-corrected chi connectivity index (χ1v) is 7.96. The van der Waals surface area contributed by atoms with E-state index in [-0.39, 0.29) is 18.0 Å². The van der Waals surface area contributed by atoms with E-state index in [2.05, 4.69) is 31.0 Å². The van der Waals surface area contributed by atoms with Gasteiger partial charge in [0.25, 0.3) is 0 Å². The van der Waals surface area contributed by atoms with Gasteiger partial charge in [-0.15, -0.1) is 0 Å². The Labute approximate surface area is 127 Å². The summed E-state index contributed by atoms with van der Waals surface area (Å²) in [5.74, 6) is -0.193. The number of hydrogen-bond acceptors (Lipinski definition) is 3. The lowest BCUT2D eigenvalue weighted by Crippen LogP contribution is -2.50. The number of benzene rings is 1. The van der Waals surface area contributed by atoms with Gasteiger partial charge in [0.15, 0.2) is 0 Å². The van der Waals surface area contributed by atoms with Gasteiger partial charge in [0.1, 0.15) is 5.82 Å². The standard InChI is InChI=1S/C17H27FN2O/c1-4-9-19-17(14-5-7-15(18)8-6-14)16-12-20(13(2)3)10-11-21-16/h5-8,13,16-17,19H,4,9-12H2,1-3H3. The maximum Gasteiger partial charge on any atom is 0.123 e. The van der Waals surface area contributed by atoms with E-state index in [1.54, 1.807) is 0 Å². The second-order valence-corrected chi connectivity index (χ2v) is 5.98. The van der Waals surface area contributed by atoms with Gasteiger partial charge < -0.3 is 10.1 Å². The minimum atomic E-state index is -0.193. The molecule has 0 radical (unpaired) electrons. The summed E-state index contributed by atoms with van der Waals surface area (Å²) in [6, 6.07) is 7.42. The summed E-state index contributed by atoms with van der Waals surface area (Å²) in [7, 11) is 0. The molecule has 1 saturated heterocycles. The summed E-state index contributed by atoms with van der Waals surface area (Å²) in [6.45, 7) is 10.2. The molecule has 0 saturated carbocycles. The molecule has 1 N–H and O–H groups in total. The van der Waals surface area contributed by atoms with Crippen molar-refractivity contribution in [2.24, 2.45) is 0 Å². The van der Waals surface area contributed by atoms with Crippen molar-refractivity contribution in [1.82, 2.24) is 10.2 Å². The van der Waals surface area contributed by atoms with E-state index in [0.29, 0.717) is 6.04 Å². The van der Waals surface area contributed by atoms with Crippen LogP contribution in [0.1, 0.15) is 38.8 Å². The number of hydrogen-bond donors (Lipinski definition) is 1. The zero-order valence-corrected chi connectivity index (χ0v) is 13.3. The Morgan fingerprint density at radius 3 is 2.67 bits per heavy atom. The first-order chi connectivity index (χ1) is 10.1. The van der Waals surface area contributed by atoms with Gasteiger partial charge in [0.2, 0.25) is 0 Å². The molecule has 21 heavy (non-hydrogen) atoms. The molecule has 1 aromatic rings. The summed E-state index contributed by atoms with van der Waals surface area (Å²) in [4.78, 5) is 2.44. The fourth-order valence-electron chi connectivity index (χ4n) is 2.80. The molecule has 1 fully saturated rings. The summed E-state index contributed by atoms with van der Waals surface area (Å²) in [5.41, 5.74) is 1.10. The fraction of sp³-hybridized carbons (Fsp3) is 0.647. The predicted octanol–water partition coefficient (Wildman–Crippen LogP) is 2.98. The van der Waals surface area contributed by atoms with Gasteiger partial charge >= 0.3 is 0 Å². The summed E-state index contributed by atoms with van der Waals surface area (Å²) in [5, 5.41) is 3.56. The van der Waals surface area contributed by atoms with Crippen molar-refractivity contribution in [3.05, 3.63) is 35.6 Å². The van der Waals surface area contributed by atoms with Crippen LogP contribution in [0.2, 0.25) is 0 Å². The normalized spacial score (nSPS) is 21.7. The quantitative estimate of drug-likeness (QED) is 0.873. The molecule has 2 atom stereocenters. The number of rotatable bonds is 6. The van der Waals surface area contributed by atoms with E-state index in [1.807, 2.05) is 12.1 Å². The number of ether oxygens (including phenoxy) is 1. The Morgan fingerprint density at radius 2 is 2.05 bits per heavy atom. The molecule has 118 valence electrons. The molecule has 1 aliphatic rings. The largest absolute Gasteiger partial charge is 0.374 e. The highest BCUT2D eigenvalue weighted by Crippen LogP contribution is 2.23. The van der Waals surface area contributed by atoms with Crippen LogP contribution in [-0.4, -0.2) is 43.3 Å². The Kier molecular flexibility index (Phi) is 6.15. The number of nitrogens with one attached hydrogen (secondary N) is 1. The second-order valence-electron chi connectivity index (χ2n) is 5.98. The van der Waals surface area contributed by atoms with Crippen molar-refractivity contribution in [3.8, 4) is 0 Å². The summed E-state index contributed by atoms with van der Waals surface area (Å²) < 4.78 is 19.2. The lowest BCUT2D eigenvalue weighted by atomic mass is 9.99. The molecular formula is C17H27FN2O. The average Bonchev–Trinajstić information content (AvgIpc) is 2.49. The molecule has 1 aromatic carbocycles. The molecular weight excluding hydrogens is 267 g/mol. The Hall–Kier alpha value is -0.970. The highest BCUT2D eigenvalue weighted by atomic mass is 19.1. The molecule has 2 rings (SSSR count). The van der Waals surface area contributed by atoms with Gasteiger partial charge in [-0.05, 0) is 44.5 Å². The van der Waals surface area contributed by atoms with Gasteiger partial charge in [-0.25, -0.2) is 4.39 Å². The van der Waals surface area contributed by atoms with Crippen molar-refractivity contribution >= 4 is 0 Å². The predicted molar refractivity (Wildman–Crippen MR) is 83.9 cm³/mol. The fourth-order valence-corrected chi connectivity index (χ4v) is 2.80. The monoisotopic (exact) mass is 294 g/mol. The first kappa shape index (κ1) is 16.4. The van der Waals surface area contributed by atoms with Crippen LogP contribution in [0.25, 0.3) is 0 Å². The maximum absolute atomic E-state index is 13.2. The SMILES string of the molecule is CCCNC(c1ccc(F)cc1)C1CN(C(C)C)CCO1. The third-order valence-electron chi connectivity index (χ3n) is 4.07. The molecule has 0 spiro atoms. The molecule has 3 nitrogen and oxygen atoms in total. The molecule has 2 unspecified atom stereocenters. The molecule has 0 bridgehead atoms. The van der Waals surface area contributed by atoms with E-state index in [1.165, 1.54) is 12.1 Å². The van der Waals surface area contributed by atoms with Crippen LogP contribution in [0.5, 0.6) is 0 Å². The minimum Gasteiger partial charge on any atom is -0.374 e. The molecule has 1 heterocycles. The van der Waals surface area contributed by atoms with Gasteiger partial charge in [0, 0.05) is 19.1 Å². The minimum absolute atomic E-state index is 0.109. The number of halogens is 1. The molecule has 0 amide bonds. The highest BCUT2D eigenvalue weighted by molar-refractivity contribution is 5.21. The van der Waals surface area contributed by atoms with Gasteiger partial charge in [-0.3, -0.25) is 4.90 Å². The number of nitrogens with zero attached hydrogens (tertiary/aromatic N) is 1. The smallest absolute Gasteiger partial charge is 0.123 e. The van der Waals surface area contributed by atoms with E-state index >= 15 is 0 Å². The molecule has 1 aliphatic heterocycles. The Bertz CT molecular complexity index is 421. The van der Waals surface area contributed by atoms with Crippen molar-refractivity contribution in [2.75, 3.05) is 26.2 Å². The second kappa shape index (κ2) is 7.87. The molecule has 0 aromatic heterocycles. The van der Waals surface area contributed by atoms with E-state index in [4.69, 9.17) is 4.74 Å². The van der Waals surface area contributed by atoms with Gasteiger partial charge in [0.05, 0.1) is 18.8 Å². The Balaban J connectivity index is 2.12. The lowest BCUT2D eigenvalue weighted by Gasteiger charge is -2.39. The van der Waals surface area contributed by atoms with Crippen LogP contribution in [0.3, 0.4) is 0 Å². The van der Waals surface area contributed by atoms with Crippen molar-refractivity contribution in [3.63, 3.8) is 0 Å². The van der Waals surface area contributed by atoms with Crippen LogP contribution in [-0.2, 0) is 4.74 Å². The average molecular weight is 294 g/mol. The Morgan fingerprint density at radius 1 is 1.33 bits per heavy atom. The van der Waals surface area contributed by atoms with E-state index < -0.39 is 0 Å². The number of morpholine rings is 1. The summed E-state index contributed by atoms with van der Waals surface area (Å²) >= 11 is 0. The first-order valence-electron chi connectivity index (χ1n) is 7.96. The van der Waals surface area contributed by atoms with Gasteiger partial charge in [-0.1, -0.05) is 19.1 Å². The van der Waals surface area contributed by atoms with Gasteiger partial charge in [-0.2, -0.15) is 0 Å². The van der Waals surface area contributed by atoms with Crippen LogP contribution in [0.4, 0.5) is 4.39 Å². The van der Waals surface area contributed by atoms with Crippen molar-refractivity contribution in [1.29, 1.82) is 0 Å². The van der Waals surface area contributed by atoms with E-state index in [9.17, 15) is 4.39 Å². The molecule has 0 aliphatic carbocycles. The maximum atomic E-state index is 13.2. The third kappa shape index (κ3) is 4.50. The van der Waals surface area contributed by atoms with E-state index in [0.717, 1.165) is 38.2 Å². The van der Waals surface area contributed by atoms with Crippen molar-refractivity contribution in [2.45, 2.75) is 45.4 Å². The van der Waals surface area contributed by atoms with Crippen LogP contribution in [0.15, 0.2) is 24.3 Å². The van der Waals surface area contributed by atoms with Crippen LogP contribution >= 0.6 is 0 Å². The van der Waals surface area contributed by atoms with Crippen LogP contribution < -0.4 is 5.32 Å². The van der Waals surface area contributed by atoms with Crippen molar-refractivity contribution < 1.29 is 9.13 Å². The molecule has 4 heteroatoms. The summed E-state index contributed by atoms with van der Waals surface area (Å²) in [6.07, 6.45) is 1.18. The van der Waals surface area contributed by atoms with Crippen LogP contribution in [0, 0.1) is 5.82 Å². The topological polar surface area (TPSA) is 24.5 Å². The highest BCUT2D eigenvalue weighted by Gasteiger charge is 2.29.